The molecule has 2 N–H and O–H groups in total. The number of hydrogen-bond donors (Lipinski definition) is 2. The van der Waals surface area contributed by atoms with Crippen molar-refractivity contribution < 1.29 is 18.3 Å². The fourth-order valence-corrected chi connectivity index (χ4v) is 3.41. The van der Waals surface area contributed by atoms with Gasteiger partial charge in [-0.25, -0.2) is 8.42 Å². The van der Waals surface area contributed by atoms with Crippen LogP contribution in [0.3, 0.4) is 0 Å². The fourth-order valence-electron chi connectivity index (χ4n) is 1.82. The number of para-hydroxylation sites is 1. The van der Waals surface area contributed by atoms with E-state index in [-0.39, 0.29) is 31.2 Å². The molecule has 0 saturated carbocycles. The minimum atomic E-state index is -3.66. The molecule has 114 valence electrons. The van der Waals surface area contributed by atoms with Crippen LogP contribution in [0.15, 0.2) is 29.2 Å². The maximum atomic E-state index is 12.6. The van der Waals surface area contributed by atoms with Crippen molar-refractivity contribution in [1.29, 1.82) is 0 Å². The van der Waals surface area contributed by atoms with E-state index in [9.17, 15) is 8.42 Å². The maximum absolute atomic E-state index is 12.6. The smallest absolute Gasteiger partial charge is 0.245 e. The van der Waals surface area contributed by atoms with Gasteiger partial charge in [-0.15, -0.1) is 0 Å². The van der Waals surface area contributed by atoms with Gasteiger partial charge in [0, 0.05) is 26.7 Å². The predicted molar refractivity (Wildman–Crippen MR) is 78.3 cm³/mol. The van der Waals surface area contributed by atoms with E-state index in [1.54, 1.807) is 24.3 Å². The molecule has 1 aromatic carbocycles. The quantitative estimate of drug-likeness (QED) is 0.704. The summed E-state index contributed by atoms with van der Waals surface area (Å²) in [5.41, 5.74) is 0.565. The zero-order valence-electron chi connectivity index (χ0n) is 11.9. The number of rotatable bonds is 9. The molecular formula is C13H22N2O4S. The van der Waals surface area contributed by atoms with E-state index in [1.165, 1.54) is 11.4 Å². The van der Waals surface area contributed by atoms with Gasteiger partial charge in [0.2, 0.25) is 10.0 Å². The Bertz CT molecular complexity index is 505. The normalized spacial score (nSPS) is 11.8. The Hall–Kier alpha value is -1.15. The number of nitrogens with zero attached hydrogens (tertiary/aromatic N) is 1. The van der Waals surface area contributed by atoms with Crippen LogP contribution >= 0.6 is 0 Å². The van der Waals surface area contributed by atoms with E-state index in [1.807, 2.05) is 6.92 Å². The highest BCUT2D eigenvalue weighted by Crippen LogP contribution is 2.24. The first-order valence-corrected chi connectivity index (χ1v) is 7.94. The lowest BCUT2D eigenvalue weighted by Gasteiger charge is -2.22. The lowest BCUT2D eigenvalue weighted by Crippen LogP contribution is -2.36. The van der Waals surface area contributed by atoms with Gasteiger partial charge in [-0.05, 0) is 19.1 Å². The molecular weight excluding hydrogens is 280 g/mol. The molecule has 0 spiro atoms. The number of anilines is 1. The third-order valence-corrected chi connectivity index (χ3v) is 4.72. The molecule has 0 aliphatic heterocycles. The summed E-state index contributed by atoms with van der Waals surface area (Å²) in [6.07, 6.45) is 0. The molecule has 0 radical (unpaired) electrons. The van der Waals surface area contributed by atoms with Crippen LogP contribution in [-0.2, 0) is 14.8 Å². The molecule has 6 nitrogen and oxygen atoms in total. The van der Waals surface area contributed by atoms with E-state index >= 15 is 0 Å². The molecule has 1 rings (SSSR count). The van der Waals surface area contributed by atoms with Gasteiger partial charge in [0.05, 0.1) is 18.9 Å². The molecule has 0 aliphatic carbocycles. The standard InChI is InChI=1S/C13H22N2O4S/c1-3-14-12-6-4-5-7-13(12)20(17,18)15(8-10-16)9-11-19-2/h4-7,14,16H,3,8-11H2,1-2H3. The summed E-state index contributed by atoms with van der Waals surface area (Å²) in [5, 5.41) is 12.1. The molecule has 7 heteroatoms. The van der Waals surface area contributed by atoms with E-state index in [4.69, 9.17) is 9.84 Å². The SMILES string of the molecule is CCNc1ccccc1S(=O)(=O)N(CCO)CCOC. The van der Waals surface area contributed by atoms with Crippen molar-refractivity contribution in [2.45, 2.75) is 11.8 Å². The van der Waals surface area contributed by atoms with E-state index in [0.29, 0.717) is 12.2 Å². The predicted octanol–water partition coefficient (Wildman–Crippen LogP) is 0.748. The van der Waals surface area contributed by atoms with E-state index in [0.717, 1.165) is 0 Å². The van der Waals surface area contributed by atoms with Crippen molar-refractivity contribution in [1.82, 2.24) is 4.31 Å². The van der Waals surface area contributed by atoms with Gasteiger partial charge in [-0.3, -0.25) is 0 Å². The third kappa shape index (κ3) is 4.17. The lowest BCUT2D eigenvalue weighted by molar-refractivity contribution is 0.168. The highest BCUT2D eigenvalue weighted by molar-refractivity contribution is 7.89. The minimum Gasteiger partial charge on any atom is -0.395 e. The second-order valence-electron chi connectivity index (χ2n) is 4.15. The van der Waals surface area contributed by atoms with Crippen molar-refractivity contribution in [3.63, 3.8) is 0 Å². The summed E-state index contributed by atoms with van der Waals surface area (Å²) in [5.74, 6) is 0. The largest absolute Gasteiger partial charge is 0.395 e. The van der Waals surface area contributed by atoms with Crippen LogP contribution < -0.4 is 5.32 Å². The second kappa shape index (κ2) is 8.21. The summed E-state index contributed by atoms with van der Waals surface area (Å²) in [6.45, 7) is 2.84. The molecule has 0 amide bonds. The van der Waals surface area contributed by atoms with Crippen LogP contribution in [-0.4, -0.2) is 57.8 Å². The van der Waals surface area contributed by atoms with Gasteiger partial charge in [0.25, 0.3) is 0 Å². The first-order chi connectivity index (χ1) is 9.57. The van der Waals surface area contributed by atoms with Crippen molar-refractivity contribution in [2.75, 3.05) is 45.3 Å². The number of ether oxygens (including phenoxy) is 1. The van der Waals surface area contributed by atoms with Crippen LogP contribution in [0.1, 0.15) is 6.92 Å². The molecule has 0 aromatic heterocycles. The van der Waals surface area contributed by atoms with Crippen molar-refractivity contribution in [3.05, 3.63) is 24.3 Å². The second-order valence-corrected chi connectivity index (χ2v) is 6.05. The Balaban J connectivity index is 3.11. The summed E-state index contributed by atoms with van der Waals surface area (Å²) >= 11 is 0. The van der Waals surface area contributed by atoms with Gasteiger partial charge >= 0.3 is 0 Å². The topological polar surface area (TPSA) is 78.9 Å². The van der Waals surface area contributed by atoms with Crippen LogP contribution in [0.2, 0.25) is 0 Å². The summed E-state index contributed by atoms with van der Waals surface area (Å²) in [6, 6.07) is 6.75. The molecule has 0 bridgehead atoms. The molecule has 0 unspecified atom stereocenters. The highest BCUT2D eigenvalue weighted by atomic mass is 32.2. The van der Waals surface area contributed by atoms with Crippen LogP contribution in [0.4, 0.5) is 5.69 Å². The molecule has 0 saturated heterocycles. The van der Waals surface area contributed by atoms with Crippen LogP contribution in [0.25, 0.3) is 0 Å². The Kier molecular flexibility index (Phi) is 6.94. The molecule has 0 atom stereocenters. The number of hydrogen-bond acceptors (Lipinski definition) is 5. The fraction of sp³-hybridized carbons (Fsp3) is 0.538. The summed E-state index contributed by atoms with van der Waals surface area (Å²) in [4.78, 5) is 0.214. The average molecular weight is 302 g/mol. The van der Waals surface area contributed by atoms with Crippen molar-refractivity contribution in [2.24, 2.45) is 0 Å². The van der Waals surface area contributed by atoms with Gasteiger partial charge in [-0.2, -0.15) is 4.31 Å². The summed E-state index contributed by atoms with van der Waals surface area (Å²) in [7, 11) is -2.15. The molecule has 0 heterocycles. The number of nitrogens with one attached hydrogen (secondary N) is 1. The third-order valence-electron chi connectivity index (χ3n) is 2.77. The number of methoxy groups -OCH3 is 1. The number of aliphatic hydroxyl groups excluding tert-OH is 1. The first-order valence-electron chi connectivity index (χ1n) is 6.50. The van der Waals surface area contributed by atoms with Crippen LogP contribution in [0.5, 0.6) is 0 Å². The first kappa shape index (κ1) is 16.9. The molecule has 0 fully saturated rings. The summed E-state index contributed by atoms with van der Waals surface area (Å²) < 4.78 is 31.4. The Morgan fingerprint density at radius 3 is 2.60 bits per heavy atom. The molecule has 20 heavy (non-hydrogen) atoms. The maximum Gasteiger partial charge on any atom is 0.245 e. The van der Waals surface area contributed by atoms with Gasteiger partial charge in [0.15, 0.2) is 0 Å². The van der Waals surface area contributed by atoms with Crippen LogP contribution in [0, 0.1) is 0 Å². The van der Waals surface area contributed by atoms with Gasteiger partial charge in [-0.1, -0.05) is 12.1 Å². The zero-order chi connectivity index (χ0) is 15.0. The number of benzene rings is 1. The zero-order valence-corrected chi connectivity index (χ0v) is 12.7. The van der Waals surface area contributed by atoms with E-state index < -0.39 is 10.0 Å². The van der Waals surface area contributed by atoms with Gasteiger partial charge in [0.1, 0.15) is 4.90 Å². The van der Waals surface area contributed by atoms with Crippen molar-refractivity contribution in [3.8, 4) is 0 Å². The molecule has 1 aromatic rings. The van der Waals surface area contributed by atoms with Gasteiger partial charge < -0.3 is 15.2 Å². The average Bonchev–Trinajstić information content (AvgIpc) is 2.44. The Morgan fingerprint density at radius 2 is 2.00 bits per heavy atom. The van der Waals surface area contributed by atoms with E-state index in [2.05, 4.69) is 5.32 Å². The van der Waals surface area contributed by atoms with Crippen molar-refractivity contribution >= 4 is 15.7 Å². The Labute approximate surface area is 120 Å². The number of aliphatic hydroxyl groups is 1. The number of sulfonamides is 1. The Morgan fingerprint density at radius 1 is 1.30 bits per heavy atom. The highest BCUT2D eigenvalue weighted by Gasteiger charge is 2.26. The monoisotopic (exact) mass is 302 g/mol. The molecule has 0 aliphatic rings. The lowest BCUT2D eigenvalue weighted by atomic mass is 10.3. The minimum absolute atomic E-state index is 0.0478.